The van der Waals surface area contributed by atoms with Gasteiger partial charge in [-0.25, -0.2) is 0 Å². The number of hydrogen-bond acceptors (Lipinski definition) is 3. The predicted octanol–water partition coefficient (Wildman–Crippen LogP) is 2.10. The maximum atomic E-state index is 8.90. The molecule has 3 nitrogen and oxygen atoms in total. The van der Waals surface area contributed by atoms with E-state index in [1.165, 1.54) is 5.56 Å². The minimum Gasteiger partial charge on any atom is -0.297 e. The number of rotatable bonds is 3. The summed E-state index contributed by atoms with van der Waals surface area (Å²) >= 11 is 0. The number of nitrogens with zero attached hydrogens (tertiary/aromatic N) is 3. The zero-order chi connectivity index (χ0) is 13.0. The monoisotopic (exact) mass is 243 g/mol. The fourth-order valence-corrected chi connectivity index (χ4v) is 2.65. The van der Waals surface area contributed by atoms with Gasteiger partial charge in [-0.1, -0.05) is 30.3 Å². The summed E-state index contributed by atoms with van der Waals surface area (Å²) in [6.07, 6.45) is 0.617. The highest BCUT2D eigenvalue weighted by atomic mass is 15.3. The number of benzene rings is 1. The van der Waals surface area contributed by atoms with Crippen molar-refractivity contribution >= 4 is 0 Å². The van der Waals surface area contributed by atoms with Crippen LogP contribution in [0.1, 0.15) is 18.9 Å². The maximum absolute atomic E-state index is 8.90. The molecule has 3 heteroatoms. The molecule has 1 aliphatic rings. The SMILES string of the molecule is CC1CN(Cc2ccccc2)CC(CC#N)N1C. The molecule has 0 radical (unpaired) electrons. The molecule has 0 N–H and O–H groups in total. The van der Waals surface area contributed by atoms with Crippen LogP contribution >= 0.6 is 0 Å². The fraction of sp³-hybridized carbons (Fsp3) is 0.533. The Hall–Kier alpha value is -1.37. The molecule has 0 amide bonds. The van der Waals surface area contributed by atoms with E-state index >= 15 is 0 Å². The van der Waals surface area contributed by atoms with Crippen molar-refractivity contribution in [2.45, 2.75) is 32.0 Å². The highest BCUT2D eigenvalue weighted by Crippen LogP contribution is 2.18. The number of likely N-dealkylation sites (N-methyl/N-ethyl adjacent to an activating group) is 1. The first-order valence-corrected chi connectivity index (χ1v) is 6.56. The first-order valence-electron chi connectivity index (χ1n) is 6.56. The second kappa shape index (κ2) is 5.99. The van der Waals surface area contributed by atoms with Gasteiger partial charge in [0.1, 0.15) is 0 Å². The molecule has 2 atom stereocenters. The van der Waals surface area contributed by atoms with Gasteiger partial charge in [0.15, 0.2) is 0 Å². The van der Waals surface area contributed by atoms with Crippen LogP contribution in [0.5, 0.6) is 0 Å². The first kappa shape index (κ1) is 13.1. The van der Waals surface area contributed by atoms with Crippen LogP contribution in [0.2, 0.25) is 0 Å². The molecule has 96 valence electrons. The van der Waals surface area contributed by atoms with Crippen LogP contribution in [-0.4, -0.2) is 42.0 Å². The minimum absolute atomic E-state index is 0.363. The van der Waals surface area contributed by atoms with Crippen LogP contribution in [0.3, 0.4) is 0 Å². The molecule has 1 saturated heterocycles. The average Bonchev–Trinajstić information content (AvgIpc) is 2.37. The molecule has 0 aliphatic carbocycles. The summed E-state index contributed by atoms with van der Waals surface area (Å²) in [5, 5.41) is 8.90. The van der Waals surface area contributed by atoms with Crippen molar-refractivity contribution in [2.24, 2.45) is 0 Å². The van der Waals surface area contributed by atoms with Gasteiger partial charge >= 0.3 is 0 Å². The fourth-order valence-electron chi connectivity index (χ4n) is 2.65. The summed E-state index contributed by atoms with van der Waals surface area (Å²) in [5.74, 6) is 0. The van der Waals surface area contributed by atoms with E-state index in [0.717, 1.165) is 19.6 Å². The van der Waals surface area contributed by atoms with Gasteiger partial charge in [0.2, 0.25) is 0 Å². The number of piperazine rings is 1. The Morgan fingerprint density at radius 2 is 2.00 bits per heavy atom. The van der Waals surface area contributed by atoms with Crippen molar-refractivity contribution < 1.29 is 0 Å². The molecule has 2 unspecified atom stereocenters. The van der Waals surface area contributed by atoms with Crippen LogP contribution in [0.15, 0.2) is 30.3 Å². The Labute approximate surface area is 110 Å². The average molecular weight is 243 g/mol. The molecule has 1 heterocycles. The van der Waals surface area contributed by atoms with E-state index in [9.17, 15) is 0 Å². The Morgan fingerprint density at radius 1 is 1.28 bits per heavy atom. The second-order valence-corrected chi connectivity index (χ2v) is 5.21. The molecule has 1 aromatic carbocycles. The molecule has 0 saturated carbocycles. The maximum Gasteiger partial charge on any atom is 0.0638 e. The van der Waals surface area contributed by atoms with E-state index in [0.29, 0.717) is 18.5 Å². The van der Waals surface area contributed by atoms with Crippen LogP contribution < -0.4 is 0 Å². The van der Waals surface area contributed by atoms with Gasteiger partial charge in [-0.2, -0.15) is 5.26 Å². The lowest BCUT2D eigenvalue weighted by molar-refractivity contribution is 0.0492. The zero-order valence-electron chi connectivity index (χ0n) is 11.2. The lowest BCUT2D eigenvalue weighted by Crippen LogP contribution is -2.55. The predicted molar refractivity (Wildman–Crippen MR) is 73.0 cm³/mol. The van der Waals surface area contributed by atoms with Crippen LogP contribution in [0.4, 0.5) is 0 Å². The molecule has 1 fully saturated rings. The normalized spacial score (nSPS) is 25.8. The summed E-state index contributed by atoms with van der Waals surface area (Å²) in [5.41, 5.74) is 1.35. The highest BCUT2D eigenvalue weighted by molar-refractivity contribution is 5.14. The Morgan fingerprint density at radius 3 is 2.67 bits per heavy atom. The van der Waals surface area contributed by atoms with Crippen molar-refractivity contribution in [3.63, 3.8) is 0 Å². The molecule has 0 aromatic heterocycles. The van der Waals surface area contributed by atoms with E-state index in [4.69, 9.17) is 5.26 Å². The summed E-state index contributed by atoms with van der Waals surface area (Å²) in [4.78, 5) is 4.80. The van der Waals surface area contributed by atoms with Gasteiger partial charge in [0.25, 0.3) is 0 Å². The standard InChI is InChI=1S/C15H21N3/c1-13-10-18(11-14-6-4-3-5-7-14)12-15(8-9-16)17(13)2/h3-7,13,15H,8,10-12H2,1-2H3. The molecular formula is C15H21N3. The molecule has 0 spiro atoms. The van der Waals surface area contributed by atoms with Crippen LogP contribution in [0, 0.1) is 11.3 Å². The highest BCUT2D eigenvalue weighted by Gasteiger charge is 2.28. The van der Waals surface area contributed by atoms with E-state index in [1.54, 1.807) is 0 Å². The Balaban J connectivity index is 2.00. The van der Waals surface area contributed by atoms with E-state index < -0.39 is 0 Å². The molecule has 0 bridgehead atoms. The van der Waals surface area contributed by atoms with Crippen molar-refractivity contribution in [1.29, 1.82) is 5.26 Å². The second-order valence-electron chi connectivity index (χ2n) is 5.21. The van der Waals surface area contributed by atoms with Gasteiger partial charge in [0, 0.05) is 31.7 Å². The summed E-state index contributed by atoms with van der Waals surface area (Å²) in [7, 11) is 2.13. The van der Waals surface area contributed by atoms with Gasteiger partial charge in [0.05, 0.1) is 12.5 Å². The molecule has 2 rings (SSSR count). The topological polar surface area (TPSA) is 30.3 Å². The number of hydrogen-bond donors (Lipinski definition) is 0. The Kier molecular flexibility index (Phi) is 4.35. The lowest BCUT2D eigenvalue weighted by atomic mass is 10.0. The quantitative estimate of drug-likeness (QED) is 0.814. The van der Waals surface area contributed by atoms with Crippen molar-refractivity contribution in [3.05, 3.63) is 35.9 Å². The van der Waals surface area contributed by atoms with Gasteiger partial charge in [-0.15, -0.1) is 0 Å². The zero-order valence-corrected chi connectivity index (χ0v) is 11.2. The summed E-state index contributed by atoms with van der Waals surface area (Å²) < 4.78 is 0. The molecule has 1 aliphatic heterocycles. The third-order valence-corrected chi connectivity index (χ3v) is 3.84. The van der Waals surface area contributed by atoms with E-state index in [2.05, 4.69) is 60.2 Å². The van der Waals surface area contributed by atoms with Crippen molar-refractivity contribution in [3.8, 4) is 6.07 Å². The summed E-state index contributed by atoms with van der Waals surface area (Å²) in [6, 6.07) is 13.7. The van der Waals surface area contributed by atoms with E-state index in [1.807, 2.05) is 0 Å². The van der Waals surface area contributed by atoms with Crippen LogP contribution in [-0.2, 0) is 6.54 Å². The van der Waals surface area contributed by atoms with E-state index in [-0.39, 0.29) is 0 Å². The molecule has 18 heavy (non-hydrogen) atoms. The van der Waals surface area contributed by atoms with Gasteiger partial charge in [-0.05, 0) is 19.5 Å². The smallest absolute Gasteiger partial charge is 0.0638 e. The largest absolute Gasteiger partial charge is 0.297 e. The van der Waals surface area contributed by atoms with Crippen molar-refractivity contribution in [1.82, 2.24) is 9.80 Å². The van der Waals surface area contributed by atoms with Gasteiger partial charge < -0.3 is 0 Å². The first-order chi connectivity index (χ1) is 8.70. The minimum atomic E-state index is 0.363. The van der Waals surface area contributed by atoms with Crippen molar-refractivity contribution in [2.75, 3.05) is 20.1 Å². The Bertz CT molecular complexity index is 409. The summed E-state index contributed by atoms with van der Waals surface area (Å²) in [6.45, 7) is 5.29. The molecular weight excluding hydrogens is 222 g/mol. The number of nitriles is 1. The van der Waals surface area contributed by atoms with Crippen LogP contribution in [0.25, 0.3) is 0 Å². The third-order valence-electron chi connectivity index (χ3n) is 3.84. The van der Waals surface area contributed by atoms with Gasteiger partial charge in [-0.3, -0.25) is 9.80 Å². The lowest BCUT2D eigenvalue weighted by Gasteiger charge is -2.43. The molecule has 1 aromatic rings. The third kappa shape index (κ3) is 3.10.